The lowest BCUT2D eigenvalue weighted by Gasteiger charge is -2.23. The molecule has 0 aliphatic rings. The number of hydrogen-bond donors (Lipinski definition) is 1. The Morgan fingerprint density at radius 3 is 2.71 bits per heavy atom. The maximum Gasteiger partial charge on any atom is 0.255 e. The van der Waals surface area contributed by atoms with Crippen LogP contribution in [0.25, 0.3) is 0 Å². The Morgan fingerprint density at radius 1 is 1.38 bits per heavy atom. The molecule has 112 valence electrons. The maximum absolute atomic E-state index is 12.5. The molecule has 0 atom stereocenters. The van der Waals surface area contributed by atoms with Crippen molar-refractivity contribution in [2.24, 2.45) is 0 Å². The van der Waals surface area contributed by atoms with Gasteiger partial charge in [0.05, 0.1) is 17.8 Å². The zero-order chi connectivity index (χ0) is 15.4. The Morgan fingerprint density at radius 2 is 2.10 bits per heavy atom. The molecule has 1 aromatic heterocycles. The smallest absolute Gasteiger partial charge is 0.255 e. The second kappa shape index (κ2) is 6.43. The van der Waals surface area contributed by atoms with Gasteiger partial charge in [0.1, 0.15) is 0 Å². The van der Waals surface area contributed by atoms with Crippen molar-refractivity contribution in [1.29, 1.82) is 0 Å². The van der Waals surface area contributed by atoms with Crippen LogP contribution in [0, 0.1) is 6.92 Å². The monoisotopic (exact) mass is 287 g/mol. The fourth-order valence-electron chi connectivity index (χ4n) is 1.93. The lowest BCUT2D eigenvalue weighted by atomic mass is 10.1. The fourth-order valence-corrected chi connectivity index (χ4v) is 1.93. The van der Waals surface area contributed by atoms with Gasteiger partial charge in [0.15, 0.2) is 5.76 Å². The van der Waals surface area contributed by atoms with Crippen LogP contribution in [0.2, 0.25) is 0 Å². The molecule has 0 spiro atoms. The molecule has 0 fully saturated rings. The number of rotatable bonds is 5. The van der Waals surface area contributed by atoms with E-state index in [1.54, 1.807) is 4.90 Å². The van der Waals surface area contributed by atoms with Gasteiger partial charge in [-0.05, 0) is 32.9 Å². The highest BCUT2D eigenvalue weighted by molar-refractivity contribution is 5.99. The van der Waals surface area contributed by atoms with Gasteiger partial charge in [-0.1, -0.05) is 17.3 Å². The van der Waals surface area contributed by atoms with Crippen molar-refractivity contribution in [2.45, 2.75) is 33.4 Å². The number of nitrogens with zero attached hydrogens (tertiary/aromatic N) is 2. The maximum atomic E-state index is 12.5. The van der Waals surface area contributed by atoms with Gasteiger partial charge in [-0.2, -0.15) is 0 Å². The summed E-state index contributed by atoms with van der Waals surface area (Å²) in [5, 5.41) is 7.08. The van der Waals surface area contributed by atoms with Crippen LogP contribution in [-0.4, -0.2) is 29.1 Å². The van der Waals surface area contributed by atoms with E-state index in [1.165, 1.54) is 0 Å². The van der Waals surface area contributed by atoms with E-state index >= 15 is 0 Å². The molecule has 2 aromatic rings. The minimum atomic E-state index is 0.00171. The normalized spacial score (nSPS) is 10.7. The zero-order valence-corrected chi connectivity index (χ0v) is 12.9. The van der Waals surface area contributed by atoms with E-state index in [2.05, 4.69) is 10.5 Å². The van der Waals surface area contributed by atoms with E-state index in [9.17, 15) is 4.79 Å². The average molecular weight is 287 g/mol. The summed E-state index contributed by atoms with van der Waals surface area (Å²) < 4.78 is 5.16. The van der Waals surface area contributed by atoms with E-state index in [0.29, 0.717) is 12.1 Å². The topological polar surface area (TPSA) is 58.4 Å². The number of aromatic nitrogens is 1. The van der Waals surface area contributed by atoms with Crippen molar-refractivity contribution < 1.29 is 9.32 Å². The van der Waals surface area contributed by atoms with Crippen LogP contribution in [0.1, 0.15) is 35.7 Å². The van der Waals surface area contributed by atoms with Gasteiger partial charge in [0.2, 0.25) is 0 Å². The Hall–Kier alpha value is -2.30. The summed E-state index contributed by atoms with van der Waals surface area (Å²) in [5.41, 5.74) is 2.30. The molecular weight excluding hydrogens is 266 g/mol. The predicted octanol–water partition coefficient (Wildman–Crippen LogP) is 3.08. The van der Waals surface area contributed by atoms with Gasteiger partial charge in [-0.25, -0.2) is 0 Å². The number of carbonyl (C=O) groups is 1. The first-order valence-electron chi connectivity index (χ1n) is 7.01. The van der Waals surface area contributed by atoms with Gasteiger partial charge < -0.3 is 14.7 Å². The highest BCUT2D eigenvalue weighted by atomic mass is 16.5. The highest BCUT2D eigenvalue weighted by Crippen LogP contribution is 2.19. The van der Waals surface area contributed by atoms with Gasteiger partial charge in [-0.15, -0.1) is 0 Å². The summed E-state index contributed by atoms with van der Waals surface area (Å²) in [7, 11) is 1.81. The second-order valence-electron chi connectivity index (χ2n) is 5.34. The first-order valence-corrected chi connectivity index (χ1v) is 7.01. The average Bonchev–Trinajstić information content (AvgIpc) is 2.89. The molecule has 0 aliphatic heterocycles. The number of benzene rings is 1. The summed E-state index contributed by atoms with van der Waals surface area (Å²) in [6, 6.07) is 9.52. The number of carbonyl (C=O) groups excluding carboxylic acids is 1. The Bertz CT molecular complexity index is 619. The number of amides is 1. The van der Waals surface area contributed by atoms with Gasteiger partial charge in [0, 0.05) is 24.8 Å². The van der Waals surface area contributed by atoms with Crippen LogP contribution in [0.3, 0.4) is 0 Å². The molecule has 5 nitrogen and oxygen atoms in total. The molecule has 5 heteroatoms. The van der Waals surface area contributed by atoms with Crippen molar-refractivity contribution in [3.63, 3.8) is 0 Å². The summed E-state index contributed by atoms with van der Waals surface area (Å²) >= 11 is 0. The number of para-hydroxylation sites is 1. The molecule has 1 heterocycles. The molecule has 1 N–H and O–H groups in total. The van der Waals surface area contributed by atoms with Crippen LogP contribution in [0.4, 0.5) is 5.69 Å². The van der Waals surface area contributed by atoms with Crippen molar-refractivity contribution in [3.05, 3.63) is 47.3 Å². The molecule has 21 heavy (non-hydrogen) atoms. The molecule has 0 saturated heterocycles. The van der Waals surface area contributed by atoms with E-state index in [4.69, 9.17) is 4.52 Å². The molecule has 2 rings (SSSR count). The van der Waals surface area contributed by atoms with Crippen LogP contribution in [0.15, 0.2) is 34.9 Å². The third-order valence-electron chi connectivity index (χ3n) is 3.38. The highest BCUT2D eigenvalue weighted by Gasteiger charge is 2.17. The minimum absolute atomic E-state index is 0.00171. The van der Waals surface area contributed by atoms with Gasteiger partial charge >= 0.3 is 0 Å². The number of hydrogen-bond acceptors (Lipinski definition) is 4. The van der Waals surface area contributed by atoms with Crippen molar-refractivity contribution in [2.75, 3.05) is 12.4 Å². The predicted molar refractivity (Wildman–Crippen MR) is 82.2 cm³/mol. The third kappa shape index (κ3) is 3.62. The standard InChI is InChI=1S/C16H21N3O2/c1-11(2)19(4)16(20)14-7-5-6-8-15(14)17-10-13-9-12(3)18-21-13/h5-9,11,17H,10H2,1-4H3. The molecule has 1 aromatic carbocycles. The van der Waals surface area contributed by atoms with E-state index in [-0.39, 0.29) is 11.9 Å². The van der Waals surface area contributed by atoms with E-state index < -0.39 is 0 Å². The second-order valence-corrected chi connectivity index (χ2v) is 5.34. The van der Waals surface area contributed by atoms with Gasteiger partial charge in [-0.3, -0.25) is 4.79 Å². The molecule has 0 radical (unpaired) electrons. The molecular formula is C16H21N3O2. The Kier molecular flexibility index (Phi) is 4.62. The fraction of sp³-hybridized carbons (Fsp3) is 0.375. The minimum Gasteiger partial charge on any atom is -0.377 e. The third-order valence-corrected chi connectivity index (χ3v) is 3.38. The molecule has 0 saturated carbocycles. The Labute approximate surface area is 124 Å². The van der Waals surface area contributed by atoms with Crippen LogP contribution < -0.4 is 5.32 Å². The van der Waals surface area contributed by atoms with Gasteiger partial charge in [0.25, 0.3) is 5.91 Å². The van der Waals surface area contributed by atoms with Crippen LogP contribution >= 0.6 is 0 Å². The number of nitrogens with one attached hydrogen (secondary N) is 1. The molecule has 0 unspecified atom stereocenters. The van der Waals surface area contributed by atoms with Crippen molar-refractivity contribution in [3.8, 4) is 0 Å². The summed E-state index contributed by atoms with van der Waals surface area (Å²) in [5.74, 6) is 0.744. The van der Waals surface area contributed by atoms with Crippen LogP contribution in [0.5, 0.6) is 0 Å². The van der Waals surface area contributed by atoms with Crippen LogP contribution in [-0.2, 0) is 6.54 Å². The molecule has 1 amide bonds. The first-order chi connectivity index (χ1) is 9.99. The summed E-state index contributed by atoms with van der Waals surface area (Å²) in [6.07, 6.45) is 0. The lowest BCUT2D eigenvalue weighted by molar-refractivity contribution is 0.0756. The van der Waals surface area contributed by atoms with E-state index in [0.717, 1.165) is 17.1 Å². The zero-order valence-electron chi connectivity index (χ0n) is 12.9. The molecule has 0 bridgehead atoms. The largest absolute Gasteiger partial charge is 0.377 e. The quantitative estimate of drug-likeness (QED) is 0.918. The van der Waals surface area contributed by atoms with Crippen molar-refractivity contribution >= 4 is 11.6 Å². The summed E-state index contributed by atoms with van der Waals surface area (Å²) in [6.45, 7) is 6.36. The first kappa shape index (κ1) is 15.1. The lowest BCUT2D eigenvalue weighted by Crippen LogP contribution is -2.33. The summed E-state index contributed by atoms with van der Waals surface area (Å²) in [4.78, 5) is 14.2. The SMILES string of the molecule is Cc1cc(CNc2ccccc2C(=O)N(C)C(C)C)on1. The van der Waals surface area contributed by atoms with Crippen molar-refractivity contribution in [1.82, 2.24) is 10.1 Å². The number of anilines is 1. The van der Waals surface area contributed by atoms with E-state index in [1.807, 2.05) is 58.2 Å². The molecule has 0 aliphatic carbocycles. The number of aryl methyl sites for hydroxylation is 1. The Balaban J connectivity index is 2.15.